The fourth-order valence-corrected chi connectivity index (χ4v) is 3.98. The summed E-state index contributed by atoms with van der Waals surface area (Å²) in [7, 11) is 1.65. The van der Waals surface area contributed by atoms with E-state index >= 15 is 0 Å². The Morgan fingerprint density at radius 1 is 1.23 bits per heavy atom. The molecule has 30 heavy (non-hydrogen) atoms. The van der Waals surface area contributed by atoms with E-state index in [1.54, 1.807) is 19.2 Å². The van der Waals surface area contributed by atoms with E-state index in [1.807, 2.05) is 35.2 Å². The Balaban J connectivity index is 0.00000256. The van der Waals surface area contributed by atoms with Gasteiger partial charge in [-0.15, -0.1) is 12.4 Å². The molecule has 1 amide bonds. The number of amides is 1. The number of methoxy groups -OCH3 is 1. The second-order valence-electron chi connectivity index (χ2n) is 7.85. The second kappa shape index (κ2) is 10.2. The van der Waals surface area contributed by atoms with Crippen LogP contribution in [0.15, 0.2) is 48.5 Å². The molecule has 1 saturated heterocycles. The highest BCUT2D eigenvalue weighted by molar-refractivity contribution is 5.85. The van der Waals surface area contributed by atoms with E-state index in [0.717, 1.165) is 49.4 Å². The molecule has 5 nitrogen and oxygen atoms in total. The Labute approximate surface area is 183 Å². The van der Waals surface area contributed by atoms with Gasteiger partial charge in [0.25, 0.3) is 0 Å². The standard InChI is InChI=1S/C23H28FN3O2.ClH/c1-29-21-9-5-17(6-10-21)15-27(20-7-8-20)23(28)16-26-12-11-25-14-22(26)18-3-2-4-19(24)13-18;/h2-6,9-10,13,20,22,25H,7-8,11-12,14-16H2,1H3;1H. The molecule has 7 heteroatoms. The van der Waals surface area contributed by atoms with Crippen LogP contribution in [0.1, 0.15) is 30.0 Å². The monoisotopic (exact) mass is 433 g/mol. The molecule has 1 atom stereocenters. The summed E-state index contributed by atoms with van der Waals surface area (Å²) in [6.45, 7) is 3.30. The minimum absolute atomic E-state index is 0. The van der Waals surface area contributed by atoms with Crippen LogP contribution in [-0.4, -0.2) is 55.0 Å². The summed E-state index contributed by atoms with van der Waals surface area (Å²) in [5, 5.41) is 3.37. The molecular formula is C23H29ClFN3O2. The Kier molecular flexibility index (Phi) is 7.69. The van der Waals surface area contributed by atoms with Crippen LogP contribution in [0.3, 0.4) is 0 Å². The molecule has 1 N–H and O–H groups in total. The van der Waals surface area contributed by atoms with Crippen molar-refractivity contribution < 1.29 is 13.9 Å². The van der Waals surface area contributed by atoms with Crippen LogP contribution in [0.5, 0.6) is 5.75 Å². The van der Waals surface area contributed by atoms with Gasteiger partial charge >= 0.3 is 0 Å². The average Bonchev–Trinajstić information content (AvgIpc) is 3.58. The van der Waals surface area contributed by atoms with Crippen molar-refractivity contribution in [3.63, 3.8) is 0 Å². The lowest BCUT2D eigenvalue weighted by Gasteiger charge is -2.37. The highest BCUT2D eigenvalue weighted by Crippen LogP contribution is 2.30. The molecule has 1 aliphatic carbocycles. The number of hydrogen-bond acceptors (Lipinski definition) is 4. The fourth-order valence-electron chi connectivity index (χ4n) is 3.98. The van der Waals surface area contributed by atoms with Gasteiger partial charge in [-0.05, 0) is 48.2 Å². The number of ether oxygens (including phenoxy) is 1. The van der Waals surface area contributed by atoms with Crippen molar-refractivity contribution in [2.24, 2.45) is 0 Å². The number of halogens is 2. The van der Waals surface area contributed by atoms with Gasteiger partial charge in [0.2, 0.25) is 5.91 Å². The highest BCUT2D eigenvalue weighted by atomic mass is 35.5. The second-order valence-corrected chi connectivity index (χ2v) is 7.85. The number of rotatable bonds is 7. The van der Waals surface area contributed by atoms with Gasteiger partial charge in [0.15, 0.2) is 0 Å². The van der Waals surface area contributed by atoms with Gasteiger partial charge in [0.05, 0.1) is 13.7 Å². The van der Waals surface area contributed by atoms with Crippen molar-refractivity contribution in [3.8, 4) is 5.75 Å². The Hall–Kier alpha value is -2.15. The van der Waals surface area contributed by atoms with E-state index in [1.165, 1.54) is 6.07 Å². The van der Waals surface area contributed by atoms with Crippen LogP contribution in [0.2, 0.25) is 0 Å². The molecule has 1 aliphatic heterocycles. The molecule has 1 unspecified atom stereocenters. The molecule has 1 heterocycles. The van der Waals surface area contributed by atoms with Crippen molar-refractivity contribution in [1.82, 2.24) is 15.1 Å². The van der Waals surface area contributed by atoms with Crippen LogP contribution >= 0.6 is 12.4 Å². The maximum atomic E-state index is 13.7. The minimum Gasteiger partial charge on any atom is -0.497 e. The molecule has 2 aromatic rings. The first-order valence-corrected chi connectivity index (χ1v) is 10.3. The normalized spacial score (nSPS) is 19.1. The van der Waals surface area contributed by atoms with E-state index in [4.69, 9.17) is 4.74 Å². The van der Waals surface area contributed by atoms with Gasteiger partial charge in [-0.25, -0.2) is 4.39 Å². The fraction of sp³-hybridized carbons (Fsp3) is 0.435. The topological polar surface area (TPSA) is 44.8 Å². The first-order valence-electron chi connectivity index (χ1n) is 10.3. The third kappa shape index (κ3) is 5.50. The molecule has 2 aliphatic rings. The van der Waals surface area contributed by atoms with E-state index in [-0.39, 0.29) is 30.2 Å². The minimum atomic E-state index is -0.238. The summed E-state index contributed by atoms with van der Waals surface area (Å²) in [5.74, 6) is 0.724. The smallest absolute Gasteiger partial charge is 0.237 e. The molecule has 2 fully saturated rings. The molecule has 2 aromatic carbocycles. The highest BCUT2D eigenvalue weighted by Gasteiger charge is 2.34. The lowest BCUT2D eigenvalue weighted by molar-refractivity contribution is -0.134. The third-order valence-corrected chi connectivity index (χ3v) is 5.75. The molecule has 162 valence electrons. The predicted molar refractivity (Wildman–Crippen MR) is 117 cm³/mol. The number of carbonyl (C=O) groups excluding carboxylic acids is 1. The van der Waals surface area contributed by atoms with Crippen LogP contribution in [0.25, 0.3) is 0 Å². The zero-order valence-electron chi connectivity index (χ0n) is 17.2. The quantitative estimate of drug-likeness (QED) is 0.727. The van der Waals surface area contributed by atoms with Crippen molar-refractivity contribution in [2.75, 3.05) is 33.3 Å². The first kappa shape index (κ1) is 22.5. The van der Waals surface area contributed by atoms with Gasteiger partial charge < -0.3 is 15.0 Å². The van der Waals surface area contributed by atoms with Crippen molar-refractivity contribution in [2.45, 2.75) is 31.5 Å². The Morgan fingerprint density at radius 2 is 2.00 bits per heavy atom. The maximum absolute atomic E-state index is 13.7. The molecule has 0 radical (unpaired) electrons. The lowest BCUT2D eigenvalue weighted by Crippen LogP contribution is -2.50. The van der Waals surface area contributed by atoms with Gasteiger partial charge in [0, 0.05) is 38.3 Å². The molecule has 1 saturated carbocycles. The van der Waals surface area contributed by atoms with Crippen molar-refractivity contribution in [1.29, 1.82) is 0 Å². The van der Waals surface area contributed by atoms with E-state index in [2.05, 4.69) is 10.2 Å². The number of carbonyl (C=O) groups is 1. The van der Waals surface area contributed by atoms with Gasteiger partial charge in [-0.2, -0.15) is 0 Å². The van der Waals surface area contributed by atoms with Crippen LogP contribution in [-0.2, 0) is 11.3 Å². The van der Waals surface area contributed by atoms with Gasteiger partial charge in [0.1, 0.15) is 11.6 Å². The van der Waals surface area contributed by atoms with Crippen LogP contribution < -0.4 is 10.1 Å². The molecule has 4 rings (SSSR count). The summed E-state index contributed by atoms with van der Waals surface area (Å²) in [6, 6.07) is 14.9. The maximum Gasteiger partial charge on any atom is 0.237 e. The number of benzene rings is 2. The summed E-state index contributed by atoms with van der Waals surface area (Å²) >= 11 is 0. The van der Waals surface area contributed by atoms with Crippen LogP contribution in [0.4, 0.5) is 4.39 Å². The molecule has 0 spiro atoms. The van der Waals surface area contributed by atoms with Gasteiger partial charge in [-0.3, -0.25) is 9.69 Å². The summed E-state index contributed by atoms with van der Waals surface area (Å²) in [6.07, 6.45) is 2.13. The van der Waals surface area contributed by atoms with E-state index in [0.29, 0.717) is 19.1 Å². The van der Waals surface area contributed by atoms with E-state index in [9.17, 15) is 9.18 Å². The zero-order chi connectivity index (χ0) is 20.2. The van der Waals surface area contributed by atoms with Crippen molar-refractivity contribution in [3.05, 3.63) is 65.5 Å². The summed E-state index contributed by atoms with van der Waals surface area (Å²) in [5.41, 5.74) is 2.02. The summed E-state index contributed by atoms with van der Waals surface area (Å²) in [4.78, 5) is 17.4. The predicted octanol–water partition coefficient (Wildman–Crippen LogP) is 3.39. The number of piperazine rings is 1. The average molecular weight is 434 g/mol. The number of nitrogens with one attached hydrogen (secondary N) is 1. The van der Waals surface area contributed by atoms with E-state index < -0.39 is 0 Å². The Morgan fingerprint density at radius 3 is 2.67 bits per heavy atom. The molecular weight excluding hydrogens is 405 g/mol. The van der Waals surface area contributed by atoms with Crippen LogP contribution in [0, 0.1) is 5.82 Å². The Bertz CT molecular complexity index is 845. The third-order valence-electron chi connectivity index (χ3n) is 5.75. The number of hydrogen-bond donors (Lipinski definition) is 1. The SMILES string of the molecule is COc1ccc(CN(C(=O)CN2CCNCC2c2cccc(F)c2)C2CC2)cc1.Cl. The first-order chi connectivity index (χ1) is 14.1. The largest absolute Gasteiger partial charge is 0.497 e. The number of nitrogens with zero attached hydrogens (tertiary/aromatic N) is 2. The molecule has 0 bridgehead atoms. The summed E-state index contributed by atoms with van der Waals surface area (Å²) < 4.78 is 19.0. The molecule has 0 aromatic heterocycles. The van der Waals surface area contributed by atoms with Crippen molar-refractivity contribution >= 4 is 18.3 Å². The zero-order valence-corrected chi connectivity index (χ0v) is 18.0. The lowest BCUT2D eigenvalue weighted by atomic mass is 10.0. The van der Waals surface area contributed by atoms with Gasteiger partial charge in [-0.1, -0.05) is 24.3 Å².